The average Bonchev–Trinajstić information content (AvgIpc) is 2.96. The van der Waals surface area contributed by atoms with Crippen LogP contribution in [0.3, 0.4) is 0 Å². The molecule has 3 aromatic rings. The summed E-state index contributed by atoms with van der Waals surface area (Å²) in [5, 5.41) is 2.95. The van der Waals surface area contributed by atoms with E-state index in [1.807, 2.05) is 52.0 Å². The molecule has 1 atom stereocenters. The molecule has 0 heterocycles. The molecule has 1 N–H and O–H groups in total. The molecular formula is C32H41N3O5S. The van der Waals surface area contributed by atoms with Gasteiger partial charge in [0.1, 0.15) is 18.3 Å². The number of hydrogen-bond donors (Lipinski definition) is 1. The predicted octanol–water partition coefficient (Wildman–Crippen LogP) is 5.23. The summed E-state index contributed by atoms with van der Waals surface area (Å²) in [5.74, 6) is -0.441. The Morgan fingerprint density at radius 1 is 0.927 bits per heavy atom. The monoisotopic (exact) mass is 579 g/mol. The number of rotatable bonds is 14. The maximum Gasteiger partial charge on any atom is 0.264 e. The van der Waals surface area contributed by atoms with Gasteiger partial charge in [-0.3, -0.25) is 13.9 Å². The number of nitrogens with one attached hydrogen (secondary N) is 1. The molecule has 0 aromatic heterocycles. The average molecular weight is 580 g/mol. The zero-order chi connectivity index (χ0) is 30.0. The van der Waals surface area contributed by atoms with Gasteiger partial charge in [-0.1, -0.05) is 79.9 Å². The molecule has 2 amide bonds. The first kappa shape index (κ1) is 31.7. The highest BCUT2D eigenvalue weighted by Gasteiger charge is 2.34. The van der Waals surface area contributed by atoms with Crippen LogP contribution in [-0.4, -0.2) is 51.4 Å². The Bertz CT molecular complexity index is 1420. The molecule has 0 fully saturated rings. The Labute approximate surface area is 244 Å². The van der Waals surface area contributed by atoms with E-state index in [1.165, 1.54) is 24.1 Å². The van der Waals surface area contributed by atoms with Crippen molar-refractivity contribution >= 4 is 27.5 Å². The Balaban J connectivity index is 2.07. The van der Waals surface area contributed by atoms with Crippen LogP contribution in [0.4, 0.5) is 5.69 Å². The fraction of sp³-hybridized carbons (Fsp3) is 0.375. The zero-order valence-electron chi connectivity index (χ0n) is 24.6. The van der Waals surface area contributed by atoms with Crippen molar-refractivity contribution in [3.05, 3.63) is 89.5 Å². The van der Waals surface area contributed by atoms with E-state index >= 15 is 0 Å². The molecule has 0 aliphatic rings. The minimum atomic E-state index is -4.18. The second kappa shape index (κ2) is 14.7. The molecule has 0 bridgehead atoms. The highest BCUT2D eigenvalue weighted by molar-refractivity contribution is 7.92. The number of aryl methyl sites for hydroxylation is 2. The van der Waals surface area contributed by atoms with Crippen LogP contribution in [0, 0.1) is 13.8 Å². The molecule has 0 saturated heterocycles. The van der Waals surface area contributed by atoms with Gasteiger partial charge in [0.15, 0.2) is 0 Å². The van der Waals surface area contributed by atoms with E-state index in [4.69, 9.17) is 4.74 Å². The van der Waals surface area contributed by atoms with Gasteiger partial charge in [-0.05, 0) is 56.5 Å². The molecule has 0 spiro atoms. The molecule has 0 saturated carbocycles. The fourth-order valence-corrected chi connectivity index (χ4v) is 6.04. The number of hydrogen-bond acceptors (Lipinski definition) is 5. The van der Waals surface area contributed by atoms with Crippen molar-refractivity contribution in [3.63, 3.8) is 0 Å². The summed E-state index contributed by atoms with van der Waals surface area (Å²) in [7, 11) is -2.72. The SMILES string of the molecule is CCCCNC(=O)C(CC)N(Cc1cccc(C)c1)C(=O)CN(c1ccccc1OC)S(=O)(=O)c1ccc(C)cc1. The van der Waals surface area contributed by atoms with Crippen molar-refractivity contribution in [2.24, 2.45) is 0 Å². The number of amides is 2. The largest absolute Gasteiger partial charge is 0.495 e. The second-order valence-corrected chi connectivity index (χ2v) is 11.9. The zero-order valence-corrected chi connectivity index (χ0v) is 25.4. The van der Waals surface area contributed by atoms with Crippen LogP contribution in [0.5, 0.6) is 5.75 Å². The van der Waals surface area contributed by atoms with Crippen LogP contribution < -0.4 is 14.4 Å². The van der Waals surface area contributed by atoms with Gasteiger partial charge in [0.2, 0.25) is 11.8 Å². The molecule has 3 rings (SSSR count). The fourth-order valence-electron chi connectivity index (χ4n) is 4.62. The predicted molar refractivity (Wildman–Crippen MR) is 162 cm³/mol. The van der Waals surface area contributed by atoms with Gasteiger partial charge < -0.3 is 15.0 Å². The van der Waals surface area contributed by atoms with Crippen LogP contribution in [0.25, 0.3) is 0 Å². The topological polar surface area (TPSA) is 96.0 Å². The molecule has 9 heteroatoms. The lowest BCUT2D eigenvalue weighted by Gasteiger charge is -2.33. The van der Waals surface area contributed by atoms with E-state index < -0.39 is 28.5 Å². The summed E-state index contributed by atoms with van der Waals surface area (Å²) < 4.78 is 34.6. The number of carbonyl (C=O) groups excluding carboxylic acids is 2. The first-order valence-electron chi connectivity index (χ1n) is 14.0. The summed E-state index contributed by atoms with van der Waals surface area (Å²) >= 11 is 0. The van der Waals surface area contributed by atoms with E-state index in [0.717, 1.165) is 33.8 Å². The highest BCUT2D eigenvalue weighted by Crippen LogP contribution is 2.32. The summed E-state index contributed by atoms with van der Waals surface area (Å²) in [6.45, 7) is 7.87. The Kier molecular flexibility index (Phi) is 11.3. The van der Waals surface area contributed by atoms with E-state index in [2.05, 4.69) is 5.32 Å². The van der Waals surface area contributed by atoms with Crippen molar-refractivity contribution in [1.29, 1.82) is 0 Å². The van der Waals surface area contributed by atoms with Gasteiger partial charge in [0.25, 0.3) is 10.0 Å². The van der Waals surface area contributed by atoms with Crippen LogP contribution in [0.1, 0.15) is 49.8 Å². The number of methoxy groups -OCH3 is 1. The van der Waals surface area contributed by atoms with Gasteiger partial charge in [0.05, 0.1) is 17.7 Å². The van der Waals surface area contributed by atoms with Crippen molar-refractivity contribution in [2.45, 2.75) is 64.4 Å². The molecule has 41 heavy (non-hydrogen) atoms. The van der Waals surface area contributed by atoms with Crippen LogP contribution in [0.15, 0.2) is 77.7 Å². The molecule has 0 radical (unpaired) electrons. The third-order valence-corrected chi connectivity index (χ3v) is 8.67. The van der Waals surface area contributed by atoms with Crippen molar-refractivity contribution < 1.29 is 22.7 Å². The lowest BCUT2D eigenvalue weighted by atomic mass is 10.1. The van der Waals surface area contributed by atoms with E-state index in [0.29, 0.717) is 18.7 Å². The summed E-state index contributed by atoms with van der Waals surface area (Å²) in [5.41, 5.74) is 3.02. The summed E-state index contributed by atoms with van der Waals surface area (Å²) in [6.07, 6.45) is 2.12. The van der Waals surface area contributed by atoms with Gasteiger partial charge >= 0.3 is 0 Å². The molecule has 0 aliphatic heterocycles. The maximum absolute atomic E-state index is 14.2. The van der Waals surface area contributed by atoms with Gasteiger partial charge in [-0.2, -0.15) is 0 Å². The number of benzene rings is 3. The number of carbonyl (C=O) groups is 2. The molecule has 1 unspecified atom stereocenters. The number of ether oxygens (including phenoxy) is 1. The summed E-state index contributed by atoms with van der Waals surface area (Å²) in [4.78, 5) is 29.0. The Morgan fingerprint density at radius 3 is 2.27 bits per heavy atom. The molecule has 3 aromatic carbocycles. The number of sulfonamides is 1. The molecule has 8 nitrogen and oxygen atoms in total. The summed E-state index contributed by atoms with van der Waals surface area (Å²) in [6, 6.07) is 20.1. The van der Waals surface area contributed by atoms with Crippen molar-refractivity contribution in [2.75, 3.05) is 24.5 Å². The van der Waals surface area contributed by atoms with E-state index in [-0.39, 0.29) is 23.0 Å². The van der Waals surface area contributed by atoms with Crippen LogP contribution >= 0.6 is 0 Å². The third kappa shape index (κ3) is 8.10. The lowest BCUT2D eigenvalue weighted by molar-refractivity contribution is -0.140. The molecule has 220 valence electrons. The van der Waals surface area contributed by atoms with Crippen molar-refractivity contribution in [3.8, 4) is 5.75 Å². The first-order chi connectivity index (χ1) is 19.6. The maximum atomic E-state index is 14.2. The van der Waals surface area contributed by atoms with Gasteiger partial charge in [-0.25, -0.2) is 8.42 Å². The van der Waals surface area contributed by atoms with Crippen molar-refractivity contribution in [1.82, 2.24) is 10.2 Å². The number of anilines is 1. The number of para-hydroxylation sites is 2. The standard InChI is InChI=1S/C32H41N3O5S/c1-6-8-20-33-32(37)28(7-2)34(22-26-13-11-12-25(4)21-26)31(36)23-35(29-14-9-10-15-30(29)40-5)41(38,39)27-18-16-24(3)17-19-27/h9-19,21,28H,6-8,20,22-23H2,1-5H3,(H,33,37). The van der Waals surface area contributed by atoms with Gasteiger partial charge in [0, 0.05) is 13.1 Å². The molecule has 0 aliphatic carbocycles. The smallest absolute Gasteiger partial charge is 0.264 e. The first-order valence-corrected chi connectivity index (χ1v) is 15.4. The minimum absolute atomic E-state index is 0.0522. The Hall–Kier alpha value is -3.85. The minimum Gasteiger partial charge on any atom is -0.495 e. The van der Waals surface area contributed by atoms with E-state index in [9.17, 15) is 18.0 Å². The highest BCUT2D eigenvalue weighted by atomic mass is 32.2. The molecular weight excluding hydrogens is 538 g/mol. The number of unbranched alkanes of at least 4 members (excludes halogenated alkanes) is 1. The third-order valence-electron chi connectivity index (χ3n) is 6.89. The van der Waals surface area contributed by atoms with Gasteiger partial charge in [-0.15, -0.1) is 0 Å². The quantitative estimate of drug-likeness (QED) is 0.264. The second-order valence-electron chi connectivity index (χ2n) is 10.1. The Morgan fingerprint density at radius 2 is 1.63 bits per heavy atom. The normalized spacial score (nSPS) is 11.9. The van der Waals surface area contributed by atoms with E-state index in [1.54, 1.807) is 36.4 Å². The lowest BCUT2D eigenvalue weighted by Crippen LogP contribution is -2.52. The number of nitrogens with zero attached hydrogens (tertiary/aromatic N) is 2. The van der Waals surface area contributed by atoms with Crippen LogP contribution in [-0.2, 0) is 26.2 Å². The van der Waals surface area contributed by atoms with Crippen LogP contribution in [0.2, 0.25) is 0 Å².